The molecular weight excluding hydrogens is 399 g/mol. The smallest absolute Gasteiger partial charge is 0.258 e. The minimum atomic E-state index is -0.381. The summed E-state index contributed by atoms with van der Waals surface area (Å²) in [6, 6.07) is 13.2. The molecule has 0 aliphatic carbocycles. The number of likely N-dealkylation sites (N-methyl/N-ethyl adjacent to an activating group) is 1. The fourth-order valence-corrected chi connectivity index (χ4v) is 3.73. The number of nitrogens with zero attached hydrogens (tertiary/aromatic N) is 5. The molecule has 3 heterocycles. The van der Waals surface area contributed by atoms with Crippen molar-refractivity contribution in [3.63, 3.8) is 0 Å². The fraction of sp³-hybridized carbons (Fsp3) is 0.182. The Morgan fingerprint density at radius 2 is 1.77 bits per heavy atom. The number of aromatic nitrogens is 4. The van der Waals surface area contributed by atoms with Crippen molar-refractivity contribution >= 4 is 22.5 Å². The largest absolute Gasteiger partial charge is 0.321 e. The van der Waals surface area contributed by atoms with Gasteiger partial charge in [-0.2, -0.15) is 0 Å². The number of hydrogen-bond acceptors (Lipinski definition) is 5. The highest BCUT2D eigenvalue weighted by Gasteiger charge is 2.22. The average Bonchev–Trinajstić information content (AvgIpc) is 3.24. The van der Waals surface area contributed by atoms with Crippen LogP contribution in [-0.4, -0.2) is 57.5 Å². The minimum Gasteiger partial charge on any atom is -0.321 e. The zero-order valence-corrected chi connectivity index (χ0v) is 16.7. The van der Waals surface area contributed by atoms with Gasteiger partial charge in [-0.25, -0.2) is 9.07 Å². The van der Waals surface area contributed by atoms with Gasteiger partial charge in [0.2, 0.25) is 5.91 Å². The van der Waals surface area contributed by atoms with Gasteiger partial charge in [0.05, 0.1) is 24.0 Å². The number of anilines is 1. The van der Waals surface area contributed by atoms with Crippen molar-refractivity contribution in [3.8, 4) is 16.9 Å². The van der Waals surface area contributed by atoms with Gasteiger partial charge in [0, 0.05) is 29.7 Å². The van der Waals surface area contributed by atoms with E-state index in [0.717, 1.165) is 17.9 Å². The summed E-state index contributed by atoms with van der Waals surface area (Å²) < 4.78 is 15.1. The van der Waals surface area contributed by atoms with Crippen molar-refractivity contribution in [3.05, 3.63) is 70.9 Å². The molecule has 1 saturated heterocycles. The maximum absolute atomic E-state index is 13.6. The lowest BCUT2D eigenvalue weighted by atomic mass is 10.1. The number of H-pyrrole nitrogens is 1. The lowest BCUT2D eigenvalue weighted by molar-refractivity contribution is -0.120. The second-order valence-corrected chi connectivity index (χ2v) is 7.59. The first kappa shape index (κ1) is 19.1. The van der Waals surface area contributed by atoms with Crippen LogP contribution in [0.4, 0.5) is 10.1 Å². The Bertz CT molecular complexity index is 1340. The number of aromatic amines is 1. The third-order valence-corrected chi connectivity index (χ3v) is 5.41. The van der Waals surface area contributed by atoms with Crippen molar-refractivity contribution in [1.82, 2.24) is 24.9 Å². The molecule has 0 unspecified atom stereocenters. The molecule has 1 aliphatic rings. The molecule has 0 bridgehead atoms. The normalized spacial score (nSPS) is 15.0. The van der Waals surface area contributed by atoms with E-state index in [1.165, 1.54) is 18.2 Å². The first-order valence-electron chi connectivity index (χ1n) is 9.82. The molecule has 0 radical (unpaired) electrons. The summed E-state index contributed by atoms with van der Waals surface area (Å²) >= 11 is 0. The monoisotopic (exact) mass is 418 g/mol. The van der Waals surface area contributed by atoms with E-state index in [-0.39, 0.29) is 17.3 Å². The number of benzene rings is 2. The van der Waals surface area contributed by atoms with E-state index in [2.05, 4.69) is 15.3 Å². The number of halogens is 1. The van der Waals surface area contributed by atoms with E-state index in [0.29, 0.717) is 35.2 Å². The second kappa shape index (κ2) is 7.44. The molecule has 2 aromatic heterocycles. The molecule has 1 amide bonds. The van der Waals surface area contributed by atoms with Crippen molar-refractivity contribution in [2.75, 3.05) is 31.6 Å². The lowest BCUT2D eigenvalue weighted by Crippen LogP contribution is -2.48. The van der Waals surface area contributed by atoms with Gasteiger partial charge < -0.3 is 9.88 Å². The summed E-state index contributed by atoms with van der Waals surface area (Å²) in [6.45, 7) is 1.87. The number of carbonyl (C=O) groups is 1. The summed E-state index contributed by atoms with van der Waals surface area (Å²) in [6.07, 6.45) is 1.64. The Hall–Kier alpha value is -3.85. The first-order chi connectivity index (χ1) is 15.0. The van der Waals surface area contributed by atoms with Gasteiger partial charge in [-0.15, -0.1) is 5.10 Å². The topological polar surface area (TPSA) is 87.1 Å². The number of pyridine rings is 1. The van der Waals surface area contributed by atoms with Crippen LogP contribution >= 0.6 is 0 Å². The summed E-state index contributed by atoms with van der Waals surface area (Å²) in [7, 11) is 1.93. The highest BCUT2D eigenvalue weighted by Crippen LogP contribution is 2.22. The van der Waals surface area contributed by atoms with Crippen LogP contribution in [0.3, 0.4) is 0 Å². The molecule has 31 heavy (non-hydrogen) atoms. The number of piperazine rings is 1. The van der Waals surface area contributed by atoms with Crippen LogP contribution in [0.2, 0.25) is 0 Å². The summed E-state index contributed by atoms with van der Waals surface area (Å²) in [5.74, 6) is -0.315. The summed E-state index contributed by atoms with van der Waals surface area (Å²) in [5.41, 5.74) is 2.49. The standard InChI is InChI=1S/C22H19FN6O2/c1-27-8-9-28(21(30)13-27)16-3-5-17(6-4-16)29-12-20(25-26-29)18-11-14-10-15(23)2-7-19(14)24-22(18)31/h2-7,10-12H,8-9,13H2,1H3,(H,24,31). The fourth-order valence-electron chi connectivity index (χ4n) is 3.73. The Kier molecular flexibility index (Phi) is 4.59. The Morgan fingerprint density at radius 3 is 2.55 bits per heavy atom. The van der Waals surface area contributed by atoms with Crippen molar-refractivity contribution in [1.29, 1.82) is 0 Å². The molecule has 4 aromatic rings. The van der Waals surface area contributed by atoms with Crippen LogP contribution in [0.15, 0.2) is 59.5 Å². The van der Waals surface area contributed by atoms with E-state index in [4.69, 9.17) is 0 Å². The lowest BCUT2D eigenvalue weighted by Gasteiger charge is -2.32. The summed E-state index contributed by atoms with van der Waals surface area (Å²) in [5, 5.41) is 8.81. The zero-order valence-electron chi connectivity index (χ0n) is 16.7. The molecule has 1 N–H and O–H groups in total. The highest BCUT2D eigenvalue weighted by atomic mass is 19.1. The van der Waals surface area contributed by atoms with Crippen LogP contribution in [-0.2, 0) is 4.79 Å². The van der Waals surface area contributed by atoms with Crippen molar-refractivity contribution in [2.45, 2.75) is 0 Å². The van der Waals surface area contributed by atoms with E-state index >= 15 is 0 Å². The van der Waals surface area contributed by atoms with Crippen molar-refractivity contribution in [2.24, 2.45) is 0 Å². The zero-order chi connectivity index (χ0) is 21.5. The molecule has 8 nitrogen and oxygen atoms in total. The number of fused-ring (bicyclic) bond motifs is 1. The molecule has 0 saturated carbocycles. The molecule has 2 aromatic carbocycles. The van der Waals surface area contributed by atoms with Crippen LogP contribution in [0.5, 0.6) is 0 Å². The molecule has 0 spiro atoms. The number of carbonyl (C=O) groups excluding carboxylic acids is 1. The number of nitrogens with one attached hydrogen (secondary N) is 1. The number of hydrogen-bond donors (Lipinski definition) is 1. The van der Waals surface area contributed by atoms with E-state index in [9.17, 15) is 14.0 Å². The number of rotatable bonds is 3. The molecule has 0 atom stereocenters. The summed E-state index contributed by atoms with van der Waals surface area (Å²) in [4.78, 5) is 31.2. The molecule has 156 valence electrons. The van der Waals surface area contributed by atoms with Gasteiger partial charge in [-0.1, -0.05) is 5.21 Å². The molecule has 5 rings (SSSR count). The van der Waals surface area contributed by atoms with Gasteiger partial charge in [0.15, 0.2) is 0 Å². The quantitative estimate of drug-likeness (QED) is 0.551. The maximum Gasteiger partial charge on any atom is 0.258 e. The van der Waals surface area contributed by atoms with Gasteiger partial charge in [-0.05, 0) is 55.6 Å². The third-order valence-electron chi connectivity index (χ3n) is 5.41. The number of amides is 1. The van der Waals surface area contributed by atoms with E-state index < -0.39 is 0 Å². The van der Waals surface area contributed by atoms with Gasteiger partial charge in [0.25, 0.3) is 5.56 Å². The minimum absolute atomic E-state index is 0.0662. The Labute approximate surface area is 176 Å². The van der Waals surface area contributed by atoms with Gasteiger partial charge >= 0.3 is 0 Å². The van der Waals surface area contributed by atoms with Gasteiger partial charge in [0.1, 0.15) is 11.5 Å². The maximum atomic E-state index is 13.6. The molecule has 1 aliphatic heterocycles. The molecule has 1 fully saturated rings. The Morgan fingerprint density at radius 1 is 1.00 bits per heavy atom. The second-order valence-electron chi connectivity index (χ2n) is 7.59. The van der Waals surface area contributed by atoms with Crippen LogP contribution in [0, 0.1) is 5.82 Å². The first-order valence-corrected chi connectivity index (χ1v) is 9.82. The predicted molar refractivity (Wildman–Crippen MR) is 115 cm³/mol. The van der Waals surface area contributed by atoms with E-state index in [1.807, 2.05) is 36.2 Å². The van der Waals surface area contributed by atoms with Crippen LogP contribution in [0.25, 0.3) is 27.8 Å². The van der Waals surface area contributed by atoms with Crippen molar-refractivity contribution < 1.29 is 9.18 Å². The Balaban J connectivity index is 1.43. The van der Waals surface area contributed by atoms with Gasteiger partial charge in [-0.3, -0.25) is 14.5 Å². The molecular formula is C22H19FN6O2. The van der Waals surface area contributed by atoms with Crippen LogP contribution in [0.1, 0.15) is 0 Å². The highest BCUT2D eigenvalue weighted by molar-refractivity contribution is 5.95. The van der Waals surface area contributed by atoms with Crippen LogP contribution < -0.4 is 10.5 Å². The molecule has 9 heteroatoms. The predicted octanol–water partition coefficient (Wildman–Crippen LogP) is 2.19. The SMILES string of the molecule is CN1CCN(c2ccc(-n3cc(-c4cc5cc(F)ccc5[nH]c4=O)nn3)cc2)C(=O)C1. The average molecular weight is 418 g/mol. The third kappa shape index (κ3) is 3.59. The van der Waals surface area contributed by atoms with E-state index in [1.54, 1.807) is 21.8 Å².